The normalized spacial score (nSPS) is 11.9. The number of hydrogen-bond donors (Lipinski definition) is 0. The second-order valence-electron chi connectivity index (χ2n) is 3.79. The molecule has 0 saturated carbocycles. The predicted octanol–water partition coefficient (Wildman–Crippen LogP) is 2.63. The zero-order chi connectivity index (χ0) is 11.5. The fourth-order valence-electron chi connectivity index (χ4n) is 0.949. The minimum atomic E-state index is -2.84. The summed E-state index contributed by atoms with van der Waals surface area (Å²) >= 11 is 0. The molecule has 0 spiro atoms. The van der Waals surface area contributed by atoms with Crippen LogP contribution in [0.15, 0.2) is 12.4 Å². The molecule has 0 amide bonds. The van der Waals surface area contributed by atoms with Gasteiger partial charge < -0.3 is 4.74 Å². The van der Waals surface area contributed by atoms with Crippen molar-refractivity contribution in [1.29, 1.82) is 0 Å². The highest BCUT2D eigenvalue weighted by molar-refractivity contribution is 5.15. The van der Waals surface area contributed by atoms with Gasteiger partial charge in [-0.2, -0.15) is 0 Å². The van der Waals surface area contributed by atoms with Crippen LogP contribution in [-0.2, 0) is 0 Å². The number of alkyl halides is 2. The Hall–Kier alpha value is -1.26. The molecule has 15 heavy (non-hydrogen) atoms. The van der Waals surface area contributed by atoms with E-state index in [1.807, 2.05) is 13.8 Å². The SMILES string of the molecule is CC(C)c1cc(OCC(C)(F)F)ncn1. The van der Waals surface area contributed by atoms with E-state index in [4.69, 9.17) is 4.74 Å². The summed E-state index contributed by atoms with van der Waals surface area (Å²) in [6, 6.07) is 1.58. The number of halogens is 2. The van der Waals surface area contributed by atoms with E-state index in [2.05, 4.69) is 9.97 Å². The first-order chi connectivity index (χ1) is 6.88. The third kappa shape index (κ3) is 4.18. The third-order valence-electron chi connectivity index (χ3n) is 1.73. The van der Waals surface area contributed by atoms with Gasteiger partial charge in [0.25, 0.3) is 5.92 Å². The quantitative estimate of drug-likeness (QED) is 0.776. The lowest BCUT2D eigenvalue weighted by Crippen LogP contribution is -2.21. The van der Waals surface area contributed by atoms with Gasteiger partial charge in [-0.15, -0.1) is 0 Å². The maximum Gasteiger partial charge on any atom is 0.278 e. The average Bonchev–Trinajstić information content (AvgIpc) is 2.14. The summed E-state index contributed by atoms with van der Waals surface area (Å²) in [5.41, 5.74) is 0.777. The molecule has 0 aliphatic carbocycles. The largest absolute Gasteiger partial charge is 0.471 e. The van der Waals surface area contributed by atoms with E-state index in [1.165, 1.54) is 6.33 Å². The van der Waals surface area contributed by atoms with Gasteiger partial charge >= 0.3 is 0 Å². The summed E-state index contributed by atoms with van der Waals surface area (Å²) in [6.07, 6.45) is 1.32. The van der Waals surface area contributed by atoms with Gasteiger partial charge in [0, 0.05) is 13.0 Å². The molecule has 3 nitrogen and oxygen atoms in total. The molecule has 1 aromatic heterocycles. The van der Waals surface area contributed by atoms with E-state index in [0.29, 0.717) is 0 Å². The molecule has 0 aromatic carbocycles. The fraction of sp³-hybridized carbons (Fsp3) is 0.600. The summed E-state index contributed by atoms with van der Waals surface area (Å²) in [5.74, 6) is -2.43. The van der Waals surface area contributed by atoms with Crippen LogP contribution in [0.25, 0.3) is 0 Å². The summed E-state index contributed by atoms with van der Waals surface area (Å²) in [5, 5.41) is 0. The van der Waals surface area contributed by atoms with Crippen molar-refractivity contribution in [3.05, 3.63) is 18.1 Å². The van der Waals surface area contributed by atoms with Gasteiger partial charge in [0.15, 0.2) is 6.61 Å². The highest BCUT2D eigenvalue weighted by Gasteiger charge is 2.22. The van der Waals surface area contributed by atoms with Crippen molar-refractivity contribution in [3.63, 3.8) is 0 Å². The molecule has 0 bridgehead atoms. The Bertz CT molecular complexity index is 323. The standard InChI is InChI=1S/C10H14F2N2O/c1-7(2)8-4-9(14-6-13-8)15-5-10(3,11)12/h4,6-7H,5H2,1-3H3. The van der Waals surface area contributed by atoms with Crippen LogP contribution < -0.4 is 4.74 Å². The summed E-state index contributed by atoms with van der Waals surface area (Å²) in [6.45, 7) is 4.06. The molecule has 84 valence electrons. The van der Waals surface area contributed by atoms with Crippen molar-refractivity contribution in [1.82, 2.24) is 9.97 Å². The number of nitrogens with zero attached hydrogens (tertiary/aromatic N) is 2. The molecule has 1 rings (SSSR count). The van der Waals surface area contributed by atoms with Crippen molar-refractivity contribution in [2.24, 2.45) is 0 Å². The van der Waals surface area contributed by atoms with Gasteiger partial charge in [0.1, 0.15) is 6.33 Å². The molecule has 0 unspecified atom stereocenters. The molecule has 0 saturated heterocycles. The molecule has 0 radical (unpaired) electrons. The van der Waals surface area contributed by atoms with Gasteiger partial charge in [0.2, 0.25) is 5.88 Å². The van der Waals surface area contributed by atoms with Crippen molar-refractivity contribution in [2.75, 3.05) is 6.61 Å². The molecule has 0 aliphatic rings. The van der Waals surface area contributed by atoms with E-state index >= 15 is 0 Å². The van der Waals surface area contributed by atoms with E-state index in [-0.39, 0.29) is 11.8 Å². The number of hydrogen-bond acceptors (Lipinski definition) is 3. The summed E-state index contributed by atoms with van der Waals surface area (Å²) < 4.78 is 29.9. The number of ether oxygens (including phenoxy) is 1. The minimum absolute atomic E-state index is 0.190. The van der Waals surface area contributed by atoms with Crippen molar-refractivity contribution < 1.29 is 13.5 Å². The minimum Gasteiger partial charge on any atom is -0.471 e. The number of aromatic nitrogens is 2. The van der Waals surface area contributed by atoms with Gasteiger partial charge in [-0.1, -0.05) is 13.8 Å². The molecular weight excluding hydrogens is 202 g/mol. The summed E-state index contributed by atoms with van der Waals surface area (Å²) in [4.78, 5) is 7.76. The predicted molar refractivity (Wildman–Crippen MR) is 52.2 cm³/mol. The molecule has 5 heteroatoms. The lowest BCUT2D eigenvalue weighted by atomic mass is 10.1. The molecule has 0 atom stereocenters. The van der Waals surface area contributed by atoms with Crippen LogP contribution in [0, 0.1) is 0 Å². The van der Waals surface area contributed by atoms with E-state index in [9.17, 15) is 8.78 Å². The van der Waals surface area contributed by atoms with E-state index < -0.39 is 12.5 Å². The third-order valence-corrected chi connectivity index (χ3v) is 1.73. The van der Waals surface area contributed by atoms with Crippen LogP contribution in [0.2, 0.25) is 0 Å². The fourth-order valence-corrected chi connectivity index (χ4v) is 0.949. The van der Waals surface area contributed by atoms with Crippen LogP contribution in [0.5, 0.6) is 5.88 Å². The van der Waals surface area contributed by atoms with Crippen LogP contribution >= 0.6 is 0 Å². The van der Waals surface area contributed by atoms with Crippen molar-refractivity contribution in [2.45, 2.75) is 32.6 Å². The first-order valence-electron chi connectivity index (χ1n) is 4.71. The second-order valence-corrected chi connectivity index (χ2v) is 3.79. The number of rotatable bonds is 4. The Morgan fingerprint density at radius 3 is 2.60 bits per heavy atom. The van der Waals surface area contributed by atoms with Gasteiger partial charge in [0.05, 0.1) is 5.69 Å². The monoisotopic (exact) mass is 216 g/mol. The van der Waals surface area contributed by atoms with Crippen molar-refractivity contribution in [3.8, 4) is 5.88 Å². The molecule has 0 N–H and O–H groups in total. The first kappa shape index (κ1) is 11.8. The highest BCUT2D eigenvalue weighted by atomic mass is 19.3. The average molecular weight is 216 g/mol. The second kappa shape index (κ2) is 4.51. The lowest BCUT2D eigenvalue weighted by Gasteiger charge is -2.12. The van der Waals surface area contributed by atoms with Crippen LogP contribution in [0.3, 0.4) is 0 Å². The van der Waals surface area contributed by atoms with Crippen LogP contribution in [0.1, 0.15) is 32.4 Å². The maximum atomic E-state index is 12.5. The van der Waals surface area contributed by atoms with Crippen molar-refractivity contribution >= 4 is 0 Å². The van der Waals surface area contributed by atoms with Gasteiger partial charge in [-0.05, 0) is 5.92 Å². The zero-order valence-corrected chi connectivity index (χ0v) is 9.00. The molecule has 1 aromatic rings. The van der Waals surface area contributed by atoms with Gasteiger partial charge in [-0.3, -0.25) is 0 Å². The lowest BCUT2D eigenvalue weighted by molar-refractivity contribution is -0.0243. The van der Waals surface area contributed by atoms with Crippen LogP contribution in [0.4, 0.5) is 8.78 Å². The molecule has 0 aliphatic heterocycles. The van der Waals surface area contributed by atoms with E-state index in [1.54, 1.807) is 6.07 Å². The molecule has 1 heterocycles. The Kier molecular flexibility index (Phi) is 3.55. The molecular formula is C10H14F2N2O. The Morgan fingerprint density at radius 2 is 2.07 bits per heavy atom. The van der Waals surface area contributed by atoms with E-state index in [0.717, 1.165) is 12.6 Å². The summed E-state index contributed by atoms with van der Waals surface area (Å²) in [7, 11) is 0. The smallest absolute Gasteiger partial charge is 0.278 e. The Balaban J connectivity index is 2.66. The Morgan fingerprint density at radius 1 is 1.40 bits per heavy atom. The van der Waals surface area contributed by atoms with Gasteiger partial charge in [-0.25, -0.2) is 18.7 Å². The highest BCUT2D eigenvalue weighted by Crippen LogP contribution is 2.17. The maximum absolute atomic E-state index is 12.5. The first-order valence-corrected chi connectivity index (χ1v) is 4.71. The van der Waals surface area contributed by atoms with Crippen LogP contribution in [-0.4, -0.2) is 22.5 Å². The zero-order valence-electron chi connectivity index (χ0n) is 9.00. The Labute approximate surface area is 87.5 Å². The molecule has 0 fully saturated rings. The topological polar surface area (TPSA) is 35.0 Å².